The van der Waals surface area contributed by atoms with E-state index in [4.69, 9.17) is 0 Å². The lowest BCUT2D eigenvalue weighted by Crippen LogP contribution is -2.69. The minimum Gasteiger partial charge on any atom is -0.279 e. The van der Waals surface area contributed by atoms with Crippen molar-refractivity contribution in [2.75, 3.05) is 0 Å². The third-order valence-electron chi connectivity index (χ3n) is 3.94. The molecule has 0 saturated heterocycles. The van der Waals surface area contributed by atoms with Crippen LogP contribution in [0.1, 0.15) is 41.5 Å². The Morgan fingerprint density at radius 3 is 1.38 bits per heavy atom. The molecule has 1 nitrogen and oxygen atoms in total. The van der Waals surface area contributed by atoms with Crippen LogP contribution in [0.25, 0.3) is 0 Å². The molecule has 0 N–H and O–H groups in total. The molecular formula is C14H26NSi+. The first-order valence-electron chi connectivity index (χ1n) is 6.40. The van der Waals surface area contributed by atoms with Crippen molar-refractivity contribution in [3.05, 3.63) is 30.6 Å². The summed E-state index contributed by atoms with van der Waals surface area (Å²) in [6.45, 7) is 14.4. The molecule has 0 aliphatic heterocycles. The molecular weight excluding hydrogens is 210 g/mol. The summed E-state index contributed by atoms with van der Waals surface area (Å²) < 4.78 is 2.55. The normalized spacial score (nSPS) is 12.8. The van der Waals surface area contributed by atoms with Crippen LogP contribution < -0.4 is 4.23 Å². The Balaban J connectivity index is 3.34. The zero-order valence-electron chi connectivity index (χ0n) is 11.6. The van der Waals surface area contributed by atoms with E-state index in [-0.39, 0.29) is 0 Å². The lowest BCUT2D eigenvalue weighted by Gasteiger charge is -2.35. The Kier molecular flexibility index (Phi) is 4.31. The van der Waals surface area contributed by atoms with Crippen LogP contribution in [0.2, 0.25) is 16.6 Å². The van der Waals surface area contributed by atoms with Gasteiger partial charge >= 0.3 is 8.24 Å². The molecule has 0 amide bonds. The first kappa shape index (κ1) is 13.4. The summed E-state index contributed by atoms with van der Waals surface area (Å²) >= 11 is 0. The predicted octanol–water partition coefficient (Wildman–Crippen LogP) is 4.00. The highest BCUT2D eigenvalue weighted by atomic mass is 28.3. The topological polar surface area (TPSA) is 3.88 Å². The fourth-order valence-electron chi connectivity index (χ4n) is 3.55. The summed E-state index contributed by atoms with van der Waals surface area (Å²) in [5, 5.41) is 0. The van der Waals surface area contributed by atoms with Gasteiger partial charge in [0.2, 0.25) is 0 Å². The van der Waals surface area contributed by atoms with Gasteiger partial charge in [0.25, 0.3) is 0 Å². The van der Waals surface area contributed by atoms with E-state index in [9.17, 15) is 0 Å². The number of aromatic nitrogens is 1. The molecule has 90 valence electrons. The first-order chi connectivity index (χ1) is 7.44. The summed E-state index contributed by atoms with van der Waals surface area (Å²) in [6.07, 6.45) is 4.54. The van der Waals surface area contributed by atoms with Crippen molar-refractivity contribution >= 4 is 8.24 Å². The Hall–Kier alpha value is -0.633. The fourth-order valence-corrected chi connectivity index (χ4v) is 10.0. The molecule has 0 fully saturated rings. The maximum atomic E-state index is 2.55. The van der Waals surface area contributed by atoms with Gasteiger partial charge in [0.05, 0.1) is 0 Å². The van der Waals surface area contributed by atoms with E-state index in [2.05, 4.69) is 76.4 Å². The van der Waals surface area contributed by atoms with Gasteiger partial charge in [0.15, 0.2) is 0 Å². The van der Waals surface area contributed by atoms with Gasteiger partial charge in [-0.1, -0.05) is 47.6 Å². The van der Waals surface area contributed by atoms with E-state index in [1.165, 1.54) is 0 Å². The van der Waals surface area contributed by atoms with E-state index in [0.29, 0.717) is 0 Å². The second kappa shape index (κ2) is 5.13. The number of rotatable bonds is 4. The number of hydrogen-bond acceptors (Lipinski definition) is 0. The number of pyridine rings is 1. The largest absolute Gasteiger partial charge is 0.371 e. The van der Waals surface area contributed by atoms with Gasteiger partial charge in [0.1, 0.15) is 12.4 Å². The molecule has 0 unspecified atom stereocenters. The molecule has 1 heterocycles. The standard InChI is InChI=1S/C14H26NSi/c1-12(2)16(13(3)4,14(5)6)15-10-8-7-9-11-15/h7-14H,1-6H3/q+1. The number of nitrogens with zero attached hydrogens (tertiary/aromatic N) is 1. The van der Waals surface area contributed by atoms with Crippen molar-refractivity contribution in [1.82, 2.24) is 0 Å². The molecule has 16 heavy (non-hydrogen) atoms. The Morgan fingerprint density at radius 2 is 1.06 bits per heavy atom. The SMILES string of the molecule is CC(C)[Si](C(C)C)(C(C)C)[n+]1ccccc1. The quantitative estimate of drug-likeness (QED) is 0.696. The van der Waals surface area contributed by atoms with Crippen LogP contribution in [0.15, 0.2) is 30.6 Å². The summed E-state index contributed by atoms with van der Waals surface area (Å²) in [4.78, 5) is 0. The molecule has 2 heteroatoms. The minimum atomic E-state index is -1.49. The molecule has 1 aromatic rings. The van der Waals surface area contributed by atoms with Crippen molar-refractivity contribution < 1.29 is 4.23 Å². The van der Waals surface area contributed by atoms with Crippen LogP contribution in [-0.2, 0) is 0 Å². The van der Waals surface area contributed by atoms with E-state index in [1.54, 1.807) is 0 Å². The van der Waals surface area contributed by atoms with Gasteiger partial charge < -0.3 is 0 Å². The van der Waals surface area contributed by atoms with Gasteiger partial charge in [0, 0.05) is 16.6 Å². The second-order valence-electron chi connectivity index (χ2n) is 5.63. The van der Waals surface area contributed by atoms with Crippen molar-refractivity contribution in [3.63, 3.8) is 0 Å². The highest BCUT2D eigenvalue weighted by Crippen LogP contribution is 2.38. The highest BCUT2D eigenvalue weighted by Gasteiger charge is 2.54. The Bertz CT molecular complexity index is 295. The fraction of sp³-hybridized carbons (Fsp3) is 0.643. The van der Waals surface area contributed by atoms with E-state index < -0.39 is 8.24 Å². The lowest BCUT2D eigenvalue weighted by atomic mass is 10.5. The van der Waals surface area contributed by atoms with Gasteiger partial charge in [-0.15, -0.1) is 0 Å². The minimum absolute atomic E-state index is 0.764. The molecule has 0 spiro atoms. The van der Waals surface area contributed by atoms with Crippen LogP contribution in [0, 0.1) is 0 Å². The summed E-state index contributed by atoms with van der Waals surface area (Å²) in [7, 11) is -1.49. The average Bonchev–Trinajstić information content (AvgIpc) is 2.18. The van der Waals surface area contributed by atoms with Gasteiger partial charge in [-0.05, 0) is 12.1 Å². The van der Waals surface area contributed by atoms with Crippen molar-refractivity contribution in [3.8, 4) is 0 Å². The molecule has 0 saturated carbocycles. The number of hydrogen-bond donors (Lipinski definition) is 0. The predicted molar refractivity (Wildman–Crippen MR) is 73.1 cm³/mol. The second-order valence-corrected chi connectivity index (χ2v) is 11.4. The molecule has 0 aromatic carbocycles. The monoisotopic (exact) mass is 236 g/mol. The van der Waals surface area contributed by atoms with Crippen LogP contribution in [-0.4, -0.2) is 8.24 Å². The Labute approximate surface area is 102 Å². The zero-order valence-corrected chi connectivity index (χ0v) is 12.6. The van der Waals surface area contributed by atoms with Crippen LogP contribution in [0.5, 0.6) is 0 Å². The van der Waals surface area contributed by atoms with Gasteiger partial charge in [-0.25, -0.2) is 0 Å². The maximum Gasteiger partial charge on any atom is 0.371 e. The molecule has 0 aliphatic carbocycles. The van der Waals surface area contributed by atoms with E-state index in [1.807, 2.05) is 0 Å². The molecule has 1 aromatic heterocycles. The Morgan fingerprint density at radius 1 is 0.688 bits per heavy atom. The van der Waals surface area contributed by atoms with Crippen molar-refractivity contribution in [1.29, 1.82) is 0 Å². The van der Waals surface area contributed by atoms with Crippen LogP contribution in [0.3, 0.4) is 0 Å². The van der Waals surface area contributed by atoms with Crippen LogP contribution >= 0.6 is 0 Å². The van der Waals surface area contributed by atoms with E-state index in [0.717, 1.165) is 16.6 Å². The molecule has 1 rings (SSSR count). The third-order valence-corrected chi connectivity index (χ3v) is 10.7. The molecule has 0 bridgehead atoms. The zero-order chi connectivity index (χ0) is 12.3. The molecule has 0 atom stereocenters. The average molecular weight is 236 g/mol. The lowest BCUT2D eigenvalue weighted by molar-refractivity contribution is -0.553. The van der Waals surface area contributed by atoms with Crippen molar-refractivity contribution in [2.24, 2.45) is 0 Å². The van der Waals surface area contributed by atoms with Crippen LogP contribution in [0.4, 0.5) is 0 Å². The highest BCUT2D eigenvalue weighted by molar-refractivity contribution is 6.75. The maximum absolute atomic E-state index is 2.55. The van der Waals surface area contributed by atoms with Gasteiger partial charge in [-0.3, -0.25) is 4.23 Å². The summed E-state index contributed by atoms with van der Waals surface area (Å²) in [6, 6.07) is 6.43. The first-order valence-corrected chi connectivity index (χ1v) is 8.58. The third kappa shape index (κ3) is 2.08. The summed E-state index contributed by atoms with van der Waals surface area (Å²) in [5.74, 6) is 0. The summed E-state index contributed by atoms with van der Waals surface area (Å²) in [5.41, 5.74) is 2.29. The smallest absolute Gasteiger partial charge is 0.279 e. The molecule has 0 aliphatic rings. The van der Waals surface area contributed by atoms with E-state index >= 15 is 0 Å². The van der Waals surface area contributed by atoms with Gasteiger partial charge in [-0.2, -0.15) is 0 Å². The molecule has 0 radical (unpaired) electrons. The van der Waals surface area contributed by atoms with Crippen molar-refractivity contribution in [2.45, 2.75) is 58.2 Å².